The molecule has 0 heterocycles. The van der Waals surface area contributed by atoms with E-state index in [-0.39, 0.29) is 5.91 Å². The van der Waals surface area contributed by atoms with Gasteiger partial charge in [0.25, 0.3) is 0 Å². The Morgan fingerprint density at radius 1 is 0.913 bits per heavy atom. The number of amides is 1. The fourth-order valence-corrected chi connectivity index (χ4v) is 2.54. The van der Waals surface area contributed by atoms with Crippen LogP contribution in [0, 0.1) is 0 Å². The smallest absolute Gasteiger partial charge is 0.220 e. The van der Waals surface area contributed by atoms with Crippen molar-refractivity contribution in [3.05, 3.63) is 71.8 Å². The minimum absolute atomic E-state index is 0.0499. The Kier molecular flexibility index (Phi) is 7.05. The lowest BCUT2D eigenvalue weighted by molar-refractivity contribution is -0.124. The topological polar surface area (TPSA) is 46.2 Å². The van der Waals surface area contributed by atoms with E-state index in [1.807, 2.05) is 48.5 Å². The van der Waals surface area contributed by atoms with Gasteiger partial charge in [0, 0.05) is 6.42 Å². The Hall–Kier alpha value is -2.42. The van der Waals surface area contributed by atoms with Gasteiger partial charge < -0.3 is 10.1 Å². The molecule has 0 aromatic heterocycles. The van der Waals surface area contributed by atoms with Crippen molar-refractivity contribution in [2.75, 3.05) is 0 Å². The quantitative estimate of drug-likeness (QED) is 0.570. The third-order valence-electron chi connectivity index (χ3n) is 3.77. The molecule has 120 valence electrons. The van der Waals surface area contributed by atoms with Crippen LogP contribution in [0.15, 0.2) is 60.7 Å². The molecule has 23 heavy (non-hydrogen) atoms. The average Bonchev–Trinajstić information content (AvgIpc) is 2.60. The molecule has 2 rings (SSSR count). The van der Waals surface area contributed by atoms with Gasteiger partial charge in [-0.2, -0.15) is 0 Å². The van der Waals surface area contributed by atoms with Crippen molar-refractivity contribution in [1.82, 2.24) is 5.32 Å². The molecule has 2 aromatic carbocycles. The fraction of sp³-hybridized carbons (Fsp3) is 0.300. The molecule has 1 atom stereocenters. The summed E-state index contributed by atoms with van der Waals surface area (Å²) in [6, 6.07) is 19.5. The molecule has 0 unspecified atom stereocenters. The molecule has 2 aromatic rings. The normalized spacial score (nSPS) is 11.7. The van der Waals surface area contributed by atoms with Crippen LogP contribution in [-0.4, -0.2) is 18.2 Å². The predicted octanol–water partition coefficient (Wildman–Crippen LogP) is 3.33. The lowest BCUT2D eigenvalue weighted by Gasteiger charge is -2.13. The molecule has 0 fully saturated rings. The van der Waals surface area contributed by atoms with Crippen molar-refractivity contribution < 1.29 is 9.59 Å². The summed E-state index contributed by atoms with van der Waals surface area (Å²) in [5.74, 6) is -0.0499. The van der Waals surface area contributed by atoms with Gasteiger partial charge in [-0.1, -0.05) is 60.7 Å². The first-order valence-corrected chi connectivity index (χ1v) is 8.10. The highest BCUT2D eigenvalue weighted by Gasteiger charge is 2.11. The molecule has 0 spiro atoms. The molecular weight excluding hydrogens is 286 g/mol. The van der Waals surface area contributed by atoms with Gasteiger partial charge in [0.05, 0.1) is 6.04 Å². The first kappa shape index (κ1) is 16.9. The van der Waals surface area contributed by atoms with Crippen molar-refractivity contribution in [3.63, 3.8) is 0 Å². The monoisotopic (exact) mass is 309 g/mol. The van der Waals surface area contributed by atoms with E-state index >= 15 is 0 Å². The summed E-state index contributed by atoms with van der Waals surface area (Å²) in [5, 5.41) is 2.81. The Balaban J connectivity index is 1.67. The third-order valence-corrected chi connectivity index (χ3v) is 3.77. The SMILES string of the molecule is O=C[C@H](Cc1ccccc1)NC(=O)CCCCc1ccccc1. The van der Waals surface area contributed by atoms with E-state index in [4.69, 9.17) is 0 Å². The highest BCUT2D eigenvalue weighted by Crippen LogP contribution is 2.07. The lowest BCUT2D eigenvalue weighted by atomic mass is 10.1. The minimum atomic E-state index is -0.445. The molecule has 1 amide bonds. The van der Waals surface area contributed by atoms with E-state index < -0.39 is 6.04 Å². The molecular formula is C20H23NO2. The number of hydrogen-bond acceptors (Lipinski definition) is 2. The second kappa shape index (κ2) is 9.57. The molecule has 1 N–H and O–H groups in total. The maximum Gasteiger partial charge on any atom is 0.220 e. The van der Waals surface area contributed by atoms with Crippen molar-refractivity contribution in [2.24, 2.45) is 0 Å². The highest BCUT2D eigenvalue weighted by atomic mass is 16.2. The maximum absolute atomic E-state index is 11.9. The van der Waals surface area contributed by atoms with Crippen LogP contribution in [0.3, 0.4) is 0 Å². The Labute approximate surface area is 137 Å². The van der Waals surface area contributed by atoms with Crippen LogP contribution in [0.1, 0.15) is 30.4 Å². The number of benzene rings is 2. The van der Waals surface area contributed by atoms with E-state index in [1.165, 1.54) is 5.56 Å². The zero-order valence-electron chi connectivity index (χ0n) is 13.3. The van der Waals surface area contributed by atoms with E-state index in [1.54, 1.807) is 0 Å². The van der Waals surface area contributed by atoms with Gasteiger partial charge >= 0.3 is 0 Å². The summed E-state index contributed by atoms with van der Waals surface area (Å²) in [6.07, 6.45) is 4.61. The van der Waals surface area contributed by atoms with Gasteiger partial charge in [0.2, 0.25) is 5.91 Å². The fourth-order valence-electron chi connectivity index (χ4n) is 2.54. The van der Waals surface area contributed by atoms with Crippen LogP contribution in [-0.2, 0) is 22.4 Å². The van der Waals surface area contributed by atoms with Gasteiger partial charge in [-0.05, 0) is 36.8 Å². The lowest BCUT2D eigenvalue weighted by Crippen LogP contribution is -2.37. The number of nitrogens with one attached hydrogen (secondary N) is 1. The molecule has 0 aliphatic heterocycles. The van der Waals surface area contributed by atoms with E-state index in [0.717, 1.165) is 31.1 Å². The zero-order valence-corrected chi connectivity index (χ0v) is 13.3. The number of carbonyl (C=O) groups excluding carboxylic acids is 2. The summed E-state index contributed by atoms with van der Waals surface area (Å²) in [4.78, 5) is 23.1. The van der Waals surface area contributed by atoms with Gasteiger partial charge in [0.15, 0.2) is 0 Å². The van der Waals surface area contributed by atoms with Crippen molar-refractivity contribution in [2.45, 2.75) is 38.1 Å². The number of aryl methyl sites for hydroxylation is 1. The van der Waals surface area contributed by atoms with Crippen LogP contribution in [0.25, 0.3) is 0 Å². The minimum Gasteiger partial charge on any atom is -0.346 e. The molecule has 0 saturated carbocycles. The van der Waals surface area contributed by atoms with E-state index in [9.17, 15) is 9.59 Å². The van der Waals surface area contributed by atoms with Crippen LogP contribution in [0.2, 0.25) is 0 Å². The van der Waals surface area contributed by atoms with Crippen LogP contribution >= 0.6 is 0 Å². The van der Waals surface area contributed by atoms with Crippen molar-refractivity contribution >= 4 is 12.2 Å². The molecule has 3 nitrogen and oxygen atoms in total. The zero-order chi connectivity index (χ0) is 16.3. The molecule has 0 aliphatic carbocycles. The predicted molar refractivity (Wildman–Crippen MR) is 92.1 cm³/mol. The summed E-state index contributed by atoms with van der Waals surface area (Å²) in [7, 11) is 0. The Morgan fingerprint density at radius 3 is 2.13 bits per heavy atom. The summed E-state index contributed by atoms with van der Waals surface area (Å²) < 4.78 is 0. The first-order valence-electron chi connectivity index (χ1n) is 8.10. The first-order chi connectivity index (χ1) is 11.3. The van der Waals surface area contributed by atoms with Gasteiger partial charge in [0.1, 0.15) is 6.29 Å². The second-order valence-electron chi connectivity index (χ2n) is 5.69. The van der Waals surface area contributed by atoms with Crippen LogP contribution < -0.4 is 5.32 Å². The van der Waals surface area contributed by atoms with Crippen LogP contribution in [0.5, 0.6) is 0 Å². The van der Waals surface area contributed by atoms with Crippen molar-refractivity contribution in [1.29, 1.82) is 0 Å². The average molecular weight is 309 g/mol. The van der Waals surface area contributed by atoms with Crippen LogP contribution in [0.4, 0.5) is 0 Å². The van der Waals surface area contributed by atoms with Crippen molar-refractivity contribution in [3.8, 4) is 0 Å². The molecule has 0 aliphatic rings. The molecule has 0 saturated heterocycles. The van der Waals surface area contributed by atoms with E-state index in [0.29, 0.717) is 12.8 Å². The number of aldehydes is 1. The molecule has 3 heteroatoms. The maximum atomic E-state index is 11.9. The van der Waals surface area contributed by atoms with Gasteiger partial charge in [-0.25, -0.2) is 0 Å². The Morgan fingerprint density at radius 2 is 1.52 bits per heavy atom. The summed E-state index contributed by atoms with van der Waals surface area (Å²) >= 11 is 0. The Bertz CT molecular complexity index is 596. The number of unbranched alkanes of at least 4 members (excludes halogenated alkanes) is 1. The number of rotatable bonds is 9. The standard InChI is InChI=1S/C20H23NO2/c22-16-19(15-18-12-5-2-6-13-18)21-20(23)14-8-7-11-17-9-3-1-4-10-17/h1-6,9-10,12-13,16,19H,7-8,11,14-15H2,(H,21,23)/t19-/m0/s1. The largest absolute Gasteiger partial charge is 0.346 e. The third kappa shape index (κ3) is 6.47. The highest BCUT2D eigenvalue weighted by molar-refractivity contribution is 5.79. The van der Waals surface area contributed by atoms with Gasteiger partial charge in [-0.3, -0.25) is 4.79 Å². The van der Waals surface area contributed by atoms with Gasteiger partial charge in [-0.15, -0.1) is 0 Å². The molecule has 0 bridgehead atoms. The van der Waals surface area contributed by atoms with E-state index in [2.05, 4.69) is 17.4 Å². The number of hydrogen-bond donors (Lipinski definition) is 1. The second-order valence-corrected chi connectivity index (χ2v) is 5.69. The summed E-state index contributed by atoms with van der Waals surface area (Å²) in [5.41, 5.74) is 2.34. The molecule has 0 radical (unpaired) electrons. The summed E-state index contributed by atoms with van der Waals surface area (Å²) in [6.45, 7) is 0. The number of carbonyl (C=O) groups is 2.